The number of halogens is 1. The Balaban J connectivity index is 0.00000240. The lowest BCUT2D eigenvalue weighted by Crippen LogP contribution is -2.40. The molecule has 0 fully saturated rings. The Morgan fingerprint density at radius 1 is 1.07 bits per heavy atom. The number of rotatable bonds is 6. The quantitative estimate of drug-likeness (QED) is 0.709. The third kappa shape index (κ3) is 4.57. The lowest BCUT2D eigenvalue weighted by Gasteiger charge is -2.35. The van der Waals surface area contributed by atoms with Crippen LogP contribution in [0.15, 0.2) is 30.3 Å². The second kappa shape index (κ2) is 8.33. The van der Waals surface area contributed by atoms with Gasteiger partial charge in [0.25, 0.3) is 0 Å². The molecule has 0 aliphatic carbocycles. The SMILES string of the molecule is CC(C)Oc1cc(CCC(C)(C)N2Cc3cc4c(cc3C2)OCO4)ccc1O.Cl. The highest BCUT2D eigenvalue weighted by atomic mass is 35.5. The highest BCUT2D eigenvalue weighted by Gasteiger charge is 2.33. The minimum absolute atomic E-state index is 0. The Labute approximate surface area is 179 Å². The van der Waals surface area contributed by atoms with Crippen molar-refractivity contribution < 1.29 is 19.3 Å². The summed E-state index contributed by atoms with van der Waals surface area (Å²) in [5, 5.41) is 10.0. The average molecular weight is 420 g/mol. The zero-order chi connectivity index (χ0) is 19.9. The molecule has 0 aromatic heterocycles. The predicted octanol–water partition coefficient (Wildman–Crippen LogP) is 5.06. The fourth-order valence-electron chi connectivity index (χ4n) is 3.89. The molecule has 5 nitrogen and oxygen atoms in total. The molecule has 2 aliphatic heterocycles. The molecule has 0 saturated carbocycles. The summed E-state index contributed by atoms with van der Waals surface area (Å²) >= 11 is 0. The van der Waals surface area contributed by atoms with Crippen molar-refractivity contribution in [2.75, 3.05) is 6.79 Å². The van der Waals surface area contributed by atoms with Crippen LogP contribution in [0.25, 0.3) is 0 Å². The molecule has 0 radical (unpaired) electrons. The summed E-state index contributed by atoms with van der Waals surface area (Å²) in [6.45, 7) is 10.7. The zero-order valence-electron chi connectivity index (χ0n) is 17.5. The molecule has 1 N–H and O–H groups in total. The van der Waals surface area contributed by atoms with Crippen LogP contribution in [-0.4, -0.2) is 28.4 Å². The van der Waals surface area contributed by atoms with Gasteiger partial charge in [0.2, 0.25) is 6.79 Å². The Hall–Kier alpha value is -2.11. The number of aryl methyl sites for hydroxylation is 1. The van der Waals surface area contributed by atoms with Crippen LogP contribution in [0, 0.1) is 0 Å². The molecular formula is C23H30ClNO4. The molecule has 2 aromatic carbocycles. The van der Waals surface area contributed by atoms with Gasteiger partial charge in [-0.1, -0.05) is 6.07 Å². The number of hydrogen-bond acceptors (Lipinski definition) is 5. The first-order valence-corrected chi connectivity index (χ1v) is 9.97. The van der Waals surface area contributed by atoms with Crippen LogP contribution >= 0.6 is 12.4 Å². The summed E-state index contributed by atoms with van der Waals surface area (Å²) in [6.07, 6.45) is 1.98. The normalized spacial score (nSPS) is 15.3. The highest BCUT2D eigenvalue weighted by molar-refractivity contribution is 5.85. The molecule has 2 heterocycles. The van der Waals surface area contributed by atoms with Gasteiger partial charge in [-0.25, -0.2) is 0 Å². The first-order chi connectivity index (χ1) is 13.3. The number of fused-ring (bicyclic) bond motifs is 2. The van der Waals surface area contributed by atoms with Crippen molar-refractivity contribution in [3.05, 3.63) is 47.0 Å². The summed E-state index contributed by atoms with van der Waals surface area (Å²) in [6, 6.07) is 9.93. The topological polar surface area (TPSA) is 51.2 Å². The molecule has 0 atom stereocenters. The molecule has 2 aromatic rings. The summed E-state index contributed by atoms with van der Waals surface area (Å²) in [5.41, 5.74) is 3.88. The van der Waals surface area contributed by atoms with Crippen molar-refractivity contribution >= 4 is 12.4 Å². The van der Waals surface area contributed by atoms with Crippen molar-refractivity contribution in [1.29, 1.82) is 0 Å². The van der Waals surface area contributed by atoms with Crippen molar-refractivity contribution in [2.24, 2.45) is 0 Å². The summed E-state index contributed by atoms with van der Waals surface area (Å²) < 4.78 is 16.8. The number of ether oxygens (including phenoxy) is 3. The van der Waals surface area contributed by atoms with Gasteiger partial charge in [0.15, 0.2) is 23.0 Å². The molecule has 29 heavy (non-hydrogen) atoms. The van der Waals surface area contributed by atoms with Crippen molar-refractivity contribution in [1.82, 2.24) is 4.90 Å². The van der Waals surface area contributed by atoms with Crippen LogP contribution < -0.4 is 14.2 Å². The fourth-order valence-corrected chi connectivity index (χ4v) is 3.89. The molecule has 2 aliphatic rings. The lowest BCUT2D eigenvalue weighted by molar-refractivity contribution is 0.109. The van der Waals surface area contributed by atoms with E-state index in [0.29, 0.717) is 12.5 Å². The lowest BCUT2D eigenvalue weighted by atomic mass is 9.93. The van der Waals surface area contributed by atoms with E-state index in [2.05, 4.69) is 30.9 Å². The molecule has 0 unspecified atom stereocenters. The fraction of sp³-hybridized carbons (Fsp3) is 0.478. The number of hydrogen-bond donors (Lipinski definition) is 1. The van der Waals surface area contributed by atoms with E-state index in [0.717, 1.165) is 37.4 Å². The van der Waals surface area contributed by atoms with E-state index in [1.165, 1.54) is 16.7 Å². The minimum atomic E-state index is 0. The van der Waals surface area contributed by atoms with Gasteiger partial charge < -0.3 is 19.3 Å². The maximum Gasteiger partial charge on any atom is 0.231 e. The van der Waals surface area contributed by atoms with E-state index in [9.17, 15) is 5.11 Å². The first-order valence-electron chi connectivity index (χ1n) is 9.97. The third-order valence-corrected chi connectivity index (χ3v) is 5.69. The molecule has 158 valence electrons. The maximum absolute atomic E-state index is 10.0. The van der Waals surface area contributed by atoms with Crippen LogP contribution in [-0.2, 0) is 19.5 Å². The minimum Gasteiger partial charge on any atom is -0.504 e. The van der Waals surface area contributed by atoms with Gasteiger partial charge in [0, 0.05) is 18.6 Å². The van der Waals surface area contributed by atoms with Crippen LogP contribution in [0.5, 0.6) is 23.0 Å². The molecule has 0 amide bonds. The predicted molar refractivity (Wildman–Crippen MR) is 115 cm³/mol. The Morgan fingerprint density at radius 2 is 1.69 bits per heavy atom. The van der Waals surface area contributed by atoms with E-state index >= 15 is 0 Å². The van der Waals surface area contributed by atoms with E-state index in [-0.39, 0.29) is 29.8 Å². The van der Waals surface area contributed by atoms with Crippen LogP contribution in [0.4, 0.5) is 0 Å². The standard InChI is InChI=1S/C23H29NO4.ClH/c1-15(2)28-20-9-16(5-6-19(20)25)7-8-23(3,4)24-12-17-10-21-22(27-14-26-21)11-18(17)13-24;/h5-6,9-11,15,25H,7-8,12-14H2,1-4H3;1H. The number of aromatic hydroxyl groups is 1. The van der Waals surface area contributed by atoms with E-state index < -0.39 is 0 Å². The second-order valence-corrected chi connectivity index (χ2v) is 8.61. The van der Waals surface area contributed by atoms with E-state index in [1.54, 1.807) is 6.07 Å². The number of nitrogens with zero attached hydrogens (tertiary/aromatic N) is 1. The van der Waals surface area contributed by atoms with Gasteiger partial charge in [-0.3, -0.25) is 4.90 Å². The average Bonchev–Trinajstić information content (AvgIpc) is 3.26. The Kier molecular flexibility index (Phi) is 6.20. The zero-order valence-corrected chi connectivity index (χ0v) is 18.3. The van der Waals surface area contributed by atoms with E-state index in [1.807, 2.05) is 26.0 Å². The van der Waals surface area contributed by atoms with Gasteiger partial charge in [-0.2, -0.15) is 0 Å². The smallest absolute Gasteiger partial charge is 0.231 e. The largest absolute Gasteiger partial charge is 0.504 e. The van der Waals surface area contributed by atoms with Crippen LogP contribution in [0.1, 0.15) is 50.8 Å². The summed E-state index contributed by atoms with van der Waals surface area (Å²) in [5.74, 6) is 2.48. The van der Waals surface area contributed by atoms with E-state index in [4.69, 9.17) is 14.2 Å². The molecule has 0 saturated heterocycles. The number of phenolic OH excluding ortho intramolecular Hbond substituents is 1. The monoisotopic (exact) mass is 419 g/mol. The summed E-state index contributed by atoms with van der Waals surface area (Å²) in [4.78, 5) is 2.51. The van der Waals surface area contributed by atoms with Crippen molar-refractivity contribution in [3.63, 3.8) is 0 Å². The molecule has 4 rings (SSSR count). The highest BCUT2D eigenvalue weighted by Crippen LogP contribution is 2.40. The number of benzene rings is 2. The number of phenols is 1. The van der Waals surface area contributed by atoms with Crippen LogP contribution in [0.2, 0.25) is 0 Å². The second-order valence-electron chi connectivity index (χ2n) is 8.61. The third-order valence-electron chi connectivity index (χ3n) is 5.69. The van der Waals surface area contributed by atoms with Crippen molar-refractivity contribution in [3.8, 4) is 23.0 Å². The van der Waals surface area contributed by atoms with Crippen LogP contribution in [0.3, 0.4) is 0 Å². The molecule has 0 bridgehead atoms. The Bertz CT molecular complexity index is 848. The van der Waals surface area contributed by atoms with Gasteiger partial charge in [-0.15, -0.1) is 12.4 Å². The Morgan fingerprint density at radius 3 is 2.28 bits per heavy atom. The van der Waals surface area contributed by atoms with Gasteiger partial charge >= 0.3 is 0 Å². The summed E-state index contributed by atoms with van der Waals surface area (Å²) in [7, 11) is 0. The molecule has 6 heteroatoms. The van der Waals surface area contributed by atoms with Gasteiger partial charge in [0.05, 0.1) is 6.10 Å². The van der Waals surface area contributed by atoms with Crippen molar-refractivity contribution in [2.45, 2.75) is 65.3 Å². The van der Waals surface area contributed by atoms with Gasteiger partial charge in [0.1, 0.15) is 0 Å². The maximum atomic E-state index is 10.0. The first kappa shape index (κ1) is 21.6. The molecular weight excluding hydrogens is 390 g/mol. The molecule has 0 spiro atoms. The van der Waals surface area contributed by atoms with Gasteiger partial charge in [-0.05, 0) is 81.5 Å².